The number of Topliss-reactive ketones (excluding diaryl/α,β-unsaturated/α-hetero) is 2. The normalized spacial score (nSPS) is 12.7. The smallest absolute Gasteiger partial charge is 0.336 e. The van der Waals surface area contributed by atoms with E-state index in [2.05, 4.69) is 12.2 Å². The number of carbonyl (C=O) groups is 4. The Balaban J connectivity index is 1.78. The molecular formula is C33H48N2O6. The second-order valence-corrected chi connectivity index (χ2v) is 11.3. The number of hydrogen-bond acceptors (Lipinski definition) is 6. The summed E-state index contributed by atoms with van der Waals surface area (Å²) in [5.74, 6) is -2.43. The lowest BCUT2D eigenvalue weighted by molar-refractivity contribution is -0.134. The third-order valence-corrected chi connectivity index (χ3v) is 7.59. The summed E-state index contributed by atoms with van der Waals surface area (Å²) in [6.07, 6.45) is 13.1. The summed E-state index contributed by atoms with van der Waals surface area (Å²) < 4.78 is 5.25. The molecule has 0 unspecified atom stereocenters. The van der Waals surface area contributed by atoms with Crippen LogP contribution in [0.2, 0.25) is 0 Å². The second kappa shape index (κ2) is 18.2. The predicted octanol–water partition coefficient (Wildman–Crippen LogP) is 5.87. The molecule has 2 amide bonds. The number of nitrogens with one attached hydrogen (secondary N) is 1. The molecule has 2 atom stereocenters. The van der Waals surface area contributed by atoms with Gasteiger partial charge in [0.25, 0.3) is 0 Å². The fourth-order valence-corrected chi connectivity index (χ4v) is 5.11. The van der Waals surface area contributed by atoms with Crippen molar-refractivity contribution in [2.45, 2.75) is 123 Å². The van der Waals surface area contributed by atoms with E-state index < -0.39 is 29.4 Å². The van der Waals surface area contributed by atoms with E-state index in [1.165, 1.54) is 57.4 Å². The quantitative estimate of drug-likeness (QED) is 0.143. The number of primary amides is 1. The number of amides is 2. The molecule has 3 N–H and O–H groups in total. The highest BCUT2D eigenvalue weighted by Crippen LogP contribution is 2.19. The highest BCUT2D eigenvalue weighted by molar-refractivity contribution is 5.94. The van der Waals surface area contributed by atoms with Gasteiger partial charge >= 0.3 is 5.63 Å². The van der Waals surface area contributed by atoms with Gasteiger partial charge in [-0.2, -0.15) is 0 Å². The third-order valence-electron chi connectivity index (χ3n) is 7.59. The van der Waals surface area contributed by atoms with Gasteiger partial charge < -0.3 is 15.5 Å². The first-order valence-electron chi connectivity index (χ1n) is 15.3. The summed E-state index contributed by atoms with van der Waals surface area (Å²) in [4.78, 5) is 61.7. The minimum Gasteiger partial charge on any atom is -0.423 e. The lowest BCUT2D eigenvalue weighted by atomic mass is 9.94. The molecule has 8 nitrogen and oxygen atoms in total. The van der Waals surface area contributed by atoms with Crippen LogP contribution in [-0.4, -0.2) is 29.4 Å². The number of aryl methyl sites for hydroxylation is 1. The SMILES string of the molecule is CCCCCCCCCCCCCC(=O)C[C@H](CC(N)=O)C(=O)N[C@@H](C)C(=O)Cc1ccc2c(C)cc(=O)oc2c1. The standard InChI is InChI=1S/C33H48N2O6/c1-4-5-6-7-8-9-10-11-12-13-14-15-27(36)21-26(22-31(34)38)33(40)35-24(3)29(37)19-25-16-17-28-23(2)18-32(39)41-30(28)20-25/h16-18,20,24,26H,4-15,19,21-22H2,1-3H3,(H2,34,38)(H,35,40)/t24-,26+/m0/s1. The molecule has 226 valence electrons. The Hall–Kier alpha value is -3.29. The summed E-state index contributed by atoms with van der Waals surface area (Å²) >= 11 is 0. The molecule has 2 aromatic rings. The van der Waals surface area contributed by atoms with Gasteiger partial charge in [-0.25, -0.2) is 4.79 Å². The Morgan fingerprint density at radius 3 is 2.10 bits per heavy atom. The van der Waals surface area contributed by atoms with Gasteiger partial charge in [-0.15, -0.1) is 0 Å². The van der Waals surface area contributed by atoms with Gasteiger partial charge in [-0.1, -0.05) is 83.3 Å². The van der Waals surface area contributed by atoms with Crippen molar-refractivity contribution in [3.05, 3.63) is 45.8 Å². The maximum absolute atomic E-state index is 12.9. The number of hydrogen-bond donors (Lipinski definition) is 2. The van der Waals surface area contributed by atoms with Crippen LogP contribution in [-0.2, 0) is 25.6 Å². The Morgan fingerprint density at radius 2 is 1.49 bits per heavy atom. The number of carbonyl (C=O) groups excluding carboxylic acids is 4. The molecular weight excluding hydrogens is 520 g/mol. The average Bonchev–Trinajstić information content (AvgIpc) is 2.90. The van der Waals surface area contributed by atoms with E-state index >= 15 is 0 Å². The topological polar surface area (TPSA) is 137 Å². The molecule has 0 bridgehead atoms. The second-order valence-electron chi connectivity index (χ2n) is 11.3. The van der Waals surface area contributed by atoms with Crippen LogP contribution >= 0.6 is 0 Å². The van der Waals surface area contributed by atoms with Gasteiger partial charge in [0.05, 0.1) is 12.0 Å². The number of benzene rings is 1. The summed E-state index contributed by atoms with van der Waals surface area (Å²) in [6.45, 7) is 5.61. The molecule has 0 saturated heterocycles. The van der Waals surface area contributed by atoms with Gasteiger partial charge in [0, 0.05) is 37.1 Å². The summed E-state index contributed by atoms with van der Waals surface area (Å²) in [5, 5.41) is 3.44. The van der Waals surface area contributed by atoms with Crippen LogP contribution in [0.5, 0.6) is 0 Å². The Bertz CT molecular complexity index is 1220. The van der Waals surface area contributed by atoms with Crippen molar-refractivity contribution in [3.63, 3.8) is 0 Å². The zero-order valence-electron chi connectivity index (χ0n) is 25.1. The molecule has 0 radical (unpaired) electrons. The van der Waals surface area contributed by atoms with Gasteiger partial charge in [-0.3, -0.25) is 19.2 Å². The zero-order chi connectivity index (χ0) is 30.2. The highest BCUT2D eigenvalue weighted by atomic mass is 16.4. The van der Waals surface area contributed by atoms with E-state index in [0.717, 1.165) is 30.2 Å². The van der Waals surface area contributed by atoms with Crippen LogP contribution in [0.3, 0.4) is 0 Å². The molecule has 1 aromatic heterocycles. The maximum Gasteiger partial charge on any atom is 0.336 e. The molecule has 1 heterocycles. The minimum absolute atomic E-state index is 0.0211. The maximum atomic E-state index is 12.9. The molecule has 0 saturated carbocycles. The number of fused-ring (bicyclic) bond motifs is 1. The summed E-state index contributed by atoms with van der Waals surface area (Å²) in [5.41, 5.74) is 6.72. The first-order chi connectivity index (χ1) is 19.6. The predicted molar refractivity (Wildman–Crippen MR) is 162 cm³/mol. The highest BCUT2D eigenvalue weighted by Gasteiger charge is 2.26. The van der Waals surface area contributed by atoms with Crippen molar-refractivity contribution in [1.82, 2.24) is 5.32 Å². The molecule has 0 fully saturated rings. The Morgan fingerprint density at radius 1 is 0.878 bits per heavy atom. The van der Waals surface area contributed by atoms with Crippen LogP contribution in [0.4, 0.5) is 0 Å². The largest absolute Gasteiger partial charge is 0.423 e. The molecule has 2 rings (SSSR count). The van der Waals surface area contributed by atoms with Crippen LogP contribution in [0.15, 0.2) is 33.5 Å². The number of unbranched alkanes of at least 4 members (excludes halogenated alkanes) is 10. The van der Waals surface area contributed by atoms with Gasteiger partial charge in [-0.05, 0) is 37.5 Å². The first kappa shape index (κ1) is 33.9. The number of nitrogens with two attached hydrogens (primary N) is 1. The van der Waals surface area contributed by atoms with E-state index in [4.69, 9.17) is 10.2 Å². The molecule has 1 aromatic carbocycles. The zero-order valence-corrected chi connectivity index (χ0v) is 25.1. The van der Waals surface area contributed by atoms with Crippen molar-refractivity contribution in [3.8, 4) is 0 Å². The van der Waals surface area contributed by atoms with Crippen LogP contribution in [0.1, 0.15) is 115 Å². The molecule has 0 aliphatic carbocycles. The number of rotatable bonds is 21. The van der Waals surface area contributed by atoms with E-state index in [-0.39, 0.29) is 30.8 Å². The van der Waals surface area contributed by atoms with E-state index in [9.17, 15) is 24.0 Å². The van der Waals surface area contributed by atoms with E-state index in [1.54, 1.807) is 25.1 Å². The molecule has 0 aliphatic heterocycles. The van der Waals surface area contributed by atoms with Crippen LogP contribution < -0.4 is 16.7 Å². The first-order valence-corrected chi connectivity index (χ1v) is 15.3. The lowest BCUT2D eigenvalue weighted by Crippen LogP contribution is -2.43. The van der Waals surface area contributed by atoms with Crippen molar-refractivity contribution in [2.75, 3.05) is 0 Å². The molecule has 0 spiro atoms. The molecule has 41 heavy (non-hydrogen) atoms. The lowest BCUT2D eigenvalue weighted by Gasteiger charge is -2.19. The van der Waals surface area contributed by atoms with Gasteiger partial charge in [0.1, 0.15) is 11.4 Å². The van der Waals surface area contributed by atoms with Gasteiger partial charge in [0.2, 0.25) is 11.8 Å². The number of ketones is 2. The Labute approximate surface area is 243 Å². The van der Waals surface area contributed by atoms with Crippen molar-refractivity contribution in [2.24, 2.45) is 11.7 Å². The minimum atomic E-state index is -0.902. The van der Waals surface area contributed by atoms with Gasteiger partial charge in [0.15, 0.2) is 5.78 Å². The molecule has 8 heteroatoms. The van der Waals surface area contributed by atoms with Crippen LogP contribution in [0.25, 0.3) is 11.0 Å². The van der Waals surface area contributed by atoms with Crippen molar-refractivity contribution < 1.29 is 23.6 Å². The van der Waals surface area contributed by atoms with E-state index in [0.29, 0.717) is 17.6 Å². The monoisotopic (exact) mass is 568 g/mol. The van der Waals surface area contributed by atoms with Crippen LogP contribution in [0, 0.1) is 12.8 Å². The fourth-order valence-electron chi connectivity index (χ4n) is 5.11. The van der Waals surface area contributed by atoms with Crippen molar-refractivity contribution >= 4 is 34.4 Å². The Kier molecular flexibility index (Phi) is 15.1. The summed E-state index contributed by atoms with van der Waals surface area (Å²) in [7, 11) is 0. The van der Waals surface area contributed by atoms with Crippen molar-refractivity contribution in [1.29, 1.82) is 0 Å². The molecule has 0 aliphatic rings. The fraction of sp³-hybridized carbons (Fsp3) is 0.606. The van der Waals surface area contributed by atoms with E-state index in [1.807, 2.05) is 6.92 Å². The average molecular weight is 569 g/mol. The summed E-state index contributed by atoms with van der Waals surface area (Å²) in [6, 6.07) is 5.81. The third kappa shape index (κ3) is 12.8.